The van der Waals surface area contributed by atoms with Gasteiger partial charge in [-0.1, -0.05) is 0 Å². The lowest BCUT2D eigenvalue weighted by Crippen LogP contribution is -1.97. The van der Waals surface area contributed by atoms with Gasteiger partial charge in [-0.05, 0) is 18.2 Å². The van der Waals surface area contributed by atoms with Crippen LogP contribution in [0.1, 0.15) is 0 Å². The molecule has 0 saturated heterocycles. The maximum absolute atomic E-state index is 13.2. The molecule has 14 heavy (non-hydrogen) atoms. The molecular formula is C9H7FN4. The summed E-state index contributed by atoms with van der Waals surface area (Å²) in [6.07, 6.45) is 2.85. The average molecular weight is 190 g/mol. The lowest BCUT2D eigenvalue weighted by molar-refractivity contribution is 0.587. The van der Waals surface area contributed by atoms with Crippen LogP contribution in [-0.4, -0.2) is 15.0 Å². The first-order valence-corrected chi connectivity index (χ1v) is 3.97. The van der Waals surface area contributed by atoms with Crippen molar-refractivity contribution in [3.8, 4) is 11.3 Å². The molecule has 2 heterocycles. The van der Waals surface area contributed by atoms with E-state index >= 15 is 0 Å². The van der Waals surface area contributed by atoms with Gasteiger partial charge in [-0.25, -0.2) is 15.0 Å². The third-order valence-corrected chi connectivity index (χ3v) is 1.71. The van der Waals surface area contributed by atoms with Gasteiger partial charge < -0.3 is 5.73 Å². The highest BCUT2D eigenvalue weighted by Gasteiger charge is 2.06. The molecule has 70 valence electrons. The molecule has 0 aromatic carbocycles. The van der Waals surface area contributed by atoms with Gasteiger partial charge in [0.25, 0.3) is 0 Å². The Balaban J connectivity index is 2.55. The van der Waals surface area contributed by atoms with E-state index in [1.807, 2.05) is 0 Å². The van der Waals surface area contributed by atoms with Crippen LogP contribution in [0.15, 0.2) is 30.6 Å². The summed E-state index contributed by atoms with van der Waals surface area (Å²) in [5, 5.41) is 0. The molecular weight excluding hydrogens is 183 g/mol. The SMILES string of the molecule is Nc1nccc(-c2cccnc2F)n1. The van der Waals surface area contributed by atoms with Crippen molar-refractivity contribution in [1.82, 2.24) is 15.0 Å². The van der Waals surface area contributed by atoms with Gasteiger partial charge in [0.05, 0.1) is 11.3 Å². The van der Waals surface area contributed by atoms with Gasteiger partial charge >= 0.3 is 0 Å². The van der Waals surface area contributed by atoms with Crippen LogP contribution in [-0.2, 0) is 0 Å². The molecule has 4 nitrogen and oxygen atoms in total. The molecule has 2 aromatic rings. The number of aromatic nitrogens is 3. The van der Waals surface area contributed by atoms with E-state index in [0.29, 0.717) is 11.3 Å². The summed E-state index contributed by atoms with van der Waals surface area (Å²) in [5.41, 5.74) is 6.14. The molecule has 0 saturated carbocycles. The summed E-state index contributed by atoms with van der Waals surface area (Å²) in [6.45, 7) is 0. The van der Waals surface area contributed by atoms with Crippen molar-refractivity contribution in [2.45, 2.75) is 0 Å². The van der Waals surface area contributed by atoms with Gasteiger partial charge in [0.2, 0.25) is 11.9 Å². The Hall–Kier alpha value is -2.04. The standard InChI is InChI=1S/C9H7FN4/c10-8-6(2-1-4-12-8)7-3-5-13-9(11)14-7/h1-5H,(H2,11,13,14). The molecule has 2 rings (SSSR count). The molecule has 0 amide bonds. The van der Waals surface area contributed by atoms with Crippen LogP contribution in [0.2, 0.25) is 0 Å². The minimum atomic E-state index is -0.564. The van der Waals surface area contributed by atoms with Crippen LogP contribution in [0.25, 0.3) is 11.3 Å². The number of hydrogen-bond acceptors (Lipinski definition) is 4. The first kappa shape index (κ1) is 8.55. The van der Waals surface area contributed by atoms with E-state index in [-0.39, 0.29) is 5.95 Å². The smallest absolute Gasteiger partial charge is 0.222 e. The van der Waals surface area contributed by atoms with E-state index in [1.54, 1.807) is 18.2 Å². The number of hydrogen-bond donors (Lipinski definition) is 1. The normalized spacial score (nSPS) is 10.1. The fourth-order valence-electron chi connectivity index (χ4n) is 1.10. The first-order chi connectivity index (χ1) is 6.77. The van der Waals surface area contributed by atoms with Crippen molar-refractivity contribution in [2.24, 2.45) is 0 Å². The Morgan fingerprint density at radius 1 is 1.14 bits per heavy atom. The minimum Gasteiger partial charge on any atom is -0.368 e. The maximum Gasteiger partial charge on any atom is 0.222 e. The molecule has 0 fully saturated rings. The number of nitrogens with zero attached hydrogens (tertiary/aromatic N) is 3. The van der Waals surface area contributed by atoms with Crippen LogP contribution in [0.4, 0.5) is 10.3 Å². The van der Waals surface area contributed by atoms with E-state index in [2.05, 4.69) is 15.0 Å². The molecule has 2 N–H and O–H groups in total. The lowest BCUT2D eigenvalue weighted by atomic mass is 10.2. The van der Waals surface area contributed by atoms with E-state index in [9.17, 15) is 4.39 Å². The zero-order valence-electron chi connectivity index (χ0n) is 7.18. The molecule has 0 aliphatic heterocycles. The van der Waals surface area contributed by atoms with Gasteiger partial charge in [-0.3, -0.25) is 0 Å². The Morgan fingerprint density at radius 2 is 2.00 bits per heavy atom. The first-order valence-electron chi connectivity index (χ1n) is 3.97. The monoisotopic (exact) mass is 190 g/mol. The van der Waals surface area contributed by atoms with E-state index in [4.69, 9.17) is 5.73 Å². The van der Waals surface area contributed by atoms with Crippen LogP contribution in [0, 0.1) is 5.95 Å². The van der Waals surface area contributed by atoms with E-state index in [0.717, 1.165) is 0 Å². The summed E-state index contributed by atoms with van der Waals surface area (Å²) in [7, 11) is 0. The van der Waals surface area contributed by atoms with Gasteiger partial charge in [-0.15, -0.1) is 0 Å². The molecule has 0 unspecified atom stereocenters. The topological polar surface area (TPSA) is 64.7 Å². The van der Waals surface area contributed by atoms with E-state index in [1.165, 1.54) is 12.4 Å². The summed E-state index contributed by atoms with van der Waals surface area (Å²) in [5.74, 6) is -0.448. The van der Waals surface area contributed by atoms with Crippen molar-refractivity contribution >= 4 is 5.95 Å². The van der Waals surface area contributed by atoms with Gasteiger partial charge in [0.1, 0.15) is 0 Å². The molecule has 2 aromatic heterocycles. The predicted molar refractivity (Wildman–Crippen MR) is 49.6 cm³/mol. The zero-order valence-corrected chi connectivity index (χ0v) is 7.18. The Kier molecular flexibility index (Phi) is 2.06. The molecule has 5 heteroatoms. The number of rotatable bonds is 1. The molecule has 0 radical (unpaired) electrons. The highest BCUT2D eigenvalue weighted by Crippen LogP contribution is 2.18. The number of anilines is 1. The van der Waals surface area contributed by atoms with Gasteiger partial charge in [0, 0.05) is 12.4 Å². The molecule has 0 aliphatic carbocycles. The zero-order chi connectivity index (χ0) is 9.97. The number of nitrogen functional groups attached to an aromatic ring is 1. The summed E-state index contributed by atoms with van der Waals surface area (Å²) in [4.78, 5) is 11.1. The van der Waals surface area contributed by atoms with E-state index < -0.39 is 5.95 Å². The van der Waals surface area contributed by atoms with Crippen LogP contribution in [0.5, 0.6) is 0 Å². The van der Waals surface area contributed by atoms with Crippen LogP contribution in [0.3, 0.4) is 0 Å². The highest BCUT2D eigenvalue weighted by molar-refractivity contribution is 5.58. The second-order valence-electron chi connectivity index (χ2n) is 2.64. The quantitative estimate of drug-likeness (QED) is 0.687. The third kappa shape index (κ3) is 1.52. The van der Waals surface area contributed by atoms with Gasteiger partial charge in [0.15, 0.2) is 0 Å². The second-order valence-corrected chi connectivity index (χ2v) is 2.64. The summed E-state index contributed by atoms with van der Waals surface area (Å²) in [6, 6.07) is 4.80. The number of nitrogens with two attached hydrogens (primary N) is 1. The fraction of sp³-hybridized carbons (Fsp3) is 0. The Morgan fingerprint density at radius 3 is 2.71 bits per heavy atom. The minimum absolute atomic E-state index is 0.116. The maximum atomic E-state index is 13.2. The highest BCUT2D eigenvalue weighted by atomic mass is 19.1. The number of halogens is 1. The van der Waals surface area contributed by atoms with Crippen molar-refractivity contribution in [3.05, 3.63) is 36.5 Å². The van der Waals surface area contributed by atoms with Crippen molar-refractivity contribution in [3.63, 3.8) is 0 Å². The predicted octanol–water partition coefficient (Wildman–Crippen LogP) is 1.26. The van der Waals surface area contributed by atoms with Crippen molar-refractivity contribution < 1.29 is 4.39 Å². The lowest BCUT2D eigenvalue weighted by Gasteiger charge is -2.00. The third-order valence-electron chi connectivity index (χ3n) is 1.71. The fourth-order valence-corrected chi connectivity index (χ4v) is 1.10. The number of pyridine rings is 1. The van der Waals surface area contributed by atoms with Crippen molar-refractivity contribution in [2.75, 3.05) is 5.73 Å². The molecule has 0 atom stereocenters. The second kappa shape index (κ2) is 3.37. The largest absolute Gasteiger partial charge is 0.368 e. The van der Waals surface area contributed by atoms with Crippen molar-refractivity contribution in [1.29, 1.82) is 0 Å². The Labute approximate surface area is 79.7 Å². The summed E-state index contributed by atoms with van der Waals surface area (Å²) >= 11 is 0. The summed E-state index contributed by atoms with van der Waals surface area (Å²) < 4.78 is 13.2. The average Bonchev–Trinajstić information content (AvgIpc) is 2.18. The molecule has 0 aliphatic rings. The van der Waals surface area contributed by atoms with Crippen LogP contribution < -0.4 is 5.73 Å². The van der Waals surface area contributed by atoms with Gasteiger partial charge in [-0.2, -0.15) is 4.39 Å². The Bertz CT molecular complexity index is 458. The van der Waals surface area contributed by atoms with Crippen LogP contribution >= 0.6 is 0 Å². The molecule has 0 spiro atoms. The molecule has 0 bridgehead atoms.